The minimum atomic E-state index is -0.249. The first-order valence-electron chi connectivity index (χ1n) is 6.38. The molecular weight excluding hydrogens is 299 g/mol. The van der Waals surface area contributed by atoms with Crippen molar-refractivity contribution in [2.24, 2.45) is 0 Å². The normalized spacial score (nSPS) is 11.4. The lowest BCUT2D eigenvalue weighted by Crippen LogP contribution is -2.38. The van der Waals surface area contributed by atoms with Crippen LogP contribution in [0.15, 0.2) is 12.1 Å². The Bertz CT molecular complexity index is 453. The minimum absolute atomic E-state index is 0. The molecule has 1 unspecified atom stereocenters. The highest BCUT2D eigenvalue weighted by Gasteiger charge is 2.15. The zero-order valence-electron chi connectivity index (χ0n) is 12.2. The second-order valence-electron chi connectivity index (χ2n) is 4.47. The molecule has 0 saturated heterocycles. The van der Waals surface area contributed by atoms with Gasteiger partial charge < -0.3 is 15.4 Å². The molecule has 1 rings (SSSR count). The van der Waals surface area contributed by atoms with Crippen molar-refractivity contribution >= 4 is 35.6 Å². The van der Waals surface area contributed by atoms with E-state index in [2.05, 4.69) is 17.6 Å². The molecule has 0 fully saturated rings. The molecule has 6 heteroatoms. The lowest BCUT2D eigenvalue weighted by atomic mass is 10.2. The molecule has 1 aromatic rings. The topological polar surface area (TPSA) is 50.4 Å². The molecule has 2 N–H and O–H groups in total. The van der Waals surface area contributed by atoms with Gasteiger partial charge in [0.1, 0.15) is 5.75 Å². The number of aryl methyl sites for hydroxylation is 1. The van der Waals surface area contributed by atoms with Crippen LogP contribution in [0.1, 0.15) is 25.8 Å². The van der Waals surface area contributed by atoms with Crippen molar-refractivity contribution in [3.05, 3.63) is 22.7 Å². The number of methoxy groups -OCH3 is 1. The summed E-state index contributed by atoms with van der Waals surface area (Å²) < 4.78 is 5.22. The first kappa shape index (κ1) is 19.0. The van der Waals surface area contributed by atoms with Gasteiger partial charge in [-0.1, -0.05) is 18.5 Å². The Morgan fingerprint density at radius 2 is 2.10 bits per heavy atom. The summed E-state index contributed by atoms with van der Waals surface area (Å²) in [7, 11) is 1.55. The Kier molecular flexibility index (Phi) is 8.62. The van der Waals surface area contributed by atoms with E-state index >= 15 is 0 Å². The van der Waals surface area contributed by atoms with E-state index in [-0.39, 0.29) is 24.4 Å². The largest absolute Gasteiger partial charge is 0.495 e. The number of benzene rings is 1. The summed E-state index contributed by atoms with van der Waals surface area (Å²) in [6.45, 7) is 6.59. The van der Waals surface area contributed by atoms with Crippen LogP contribution in [0.4, 0.5) is 5.69 Å². The number of anilines is 1. The SMILES string of the molecule is CCCNC(C)C(=O)Nc1cc(C)c(Cl)cc1OC.Cl. The van der Waals surface area contributed by atoms with Crippen molar-refractivity contribution in [1.82, 2.24) is 5.32 Å². The number of hydrogen-bond acceptors (Lipinski definition) is 3. The Morgan fingerprint density at radius 1 is 1.45 bits per heavy atom. The molecule has 20 heavy (non-hydrogen) atoms. The number of rotatable bonds is 6. The number of amides is 1. The summed E-state index contributed by atoms with van der Waals surface area (Å²) >= 11 is 6.03. The molecule has 1 aromatic carbocycles. The molecule has 114 valence electrons. The number of hydrogen-bond donors (Lipinski definition) is 2. The summed E-state index contributed by atoms with van der Waals surface area (Å²) in [4.78, 5) is 12.0. The molecule has 1 atom stereocenters. The molecule has 0 aliphatic carbocycles. The van der Waals surface area contributed by atoms with Crippen LogP contribution in [-0.4, -0.2) is 25.6 Å². The molecule has 4 nitrogen and oxygen atoms in total. The van der Waals surface area contributed by atoms with Crippen molar-refractivity contribution in [2.75, 3.05) is 19.0 Å². The Morgan fingerprint density at radius 3 is 2.65 bits per heavy atom. The summed E-state index contributed by atoms with van der Waals surface area (Å²) in [5.74, 6) is 0.472. The number of ether oxygens (including phenoxy) is 1. The molecule has 0 saturated carbocycles. The van der Waals surface area contributed by atoms with Crippen LogP contribution >= 0.6 is 24.0 Å². The van der Waals surface area contributed by atoms with Gasteiger partial charge in [0.2, 0.25) is 5.91 Å². The summed E-state index contributed by atoms with van der Waals surface area (Å²) in [5, 5.41) is 6.61. The van der Waals surface area contributed by atoms with E-state index in [1.807, 2.05) is 19.9 Å². The summed E-state index contributed by atoms with van der Waals surface area (Å²) in [6.07, 6.45) is 0.987. The van der Waals surface area contributed by atoms with Gasteiger partial charge in [0.25, 0.3) is 0 Å². The molecule has 0 radical (unpaired) electrons. The van der Waals surface area contributed by atoms with Gasteiger partial charge in [0, 0.05) is 11.1 Å². The van der Waals surface area contributed by atoms with E-state index in [0.717, 1.165) is 18.5 Å². The number of nitrogens with one attached hydrogen (secondary N) is 2. The van der Waals surface area contributed by atoms with Crippen LogP contribution in [0.3, 0.4) is 0 Å². The highest BCUT2D eigenvalue weighted by molar-refractivity contribution is 6.31. The van der Waals surface area contributed by atoms with Crippen LogP contribution < -0.4 is 15.4 Å². The fourth-order valence-corrected chi connectivity index (χ4v) is 1.78. The van der Waals surface area contributed by atoms with Crippen molar-refractivity contribution in [1.29, 1.82) is 0 Å². The second-order valence-corrected chi connectivity index (χ2v) is 4.87. The maximum absolute atomic E-state index is 12.0. The van der Waals surface area contributed by atoms with Crippen LogP contribution in [0.2, 0.25) is 5.02 Å². The number of carbonyl (C=O) groups is 1. The van der Waals surface area contributed by atoms with Crippen molar-refractivity contribution in [2.45, 2.75) is 33.2 Å². The molecule has 0 aliphatic heterocycles. The molecule has 0 bridgehead atoms. The number of carbonyl (C=O) groups excluding carboxylic acids is 1. The van der Waals surface area contributed by atoms with Crippen molar-refractivity contribution < 1.29 is 9.53 Å². The second kappa shape index (κ2) is 9.06. The van der Waals surface area contributed by atoms with Crippen LogP contribution in [0, 0.1) is 6.92 Å². The highest BCUT2D eigenvalue weighted by Crippen LogP contribution is 2.30. The van der Waals surface area contributed by atoms with Gasteiger partial charge in [0.05, 0.1) is 18.8 Å². The van der Waals surface area contributed by atoms with Gasteiger partial charge in [-0.25, -0.2) is 0 Å². The van der Waals surface area contributed by atoms with Gasteiger partial charge >= 0.3 is 0 Å². The standard InChI is InChI=1S/C14H21ClN2O2.ClH/c1-5-6-16-10(3)14(18)17-12-7-9(2)11(15)8-13(12)19-4;/h7-8,10,16H,5-6H2,1-4H3,(H,17,18);1H. The predicted molar refractivity (Wildman–Crippen MR) is 86.4 cm³/mol. The van der Waals surface area contributed by atoms with E-state index in [1.165, 1.54) is 0 Å². The third-order valence-corrected chi connectivity index (χ3v) is 3.24. The van der Waals surface area contributed by atoms with Crippen LogP contribution in [0.5, 0.6) is 5.75 Å². The first-order valence-corrected chi connectivity index (χ1v) is 6.75. The van der Waals surface area contributed by atoms with E-state index in [0.29, 0.717) is 16.5 Å². The van der Waals surface area contributed by atoms with Crippen LogP contribution in [-0.2, 0) is 4.79 Å². The highest BCUT2D eigenvalue weighted by atomic mass is 35.5. The predicted octanol–water partition coefficient (Wildman–Crippen LogP) is 3.41. The van der Waals surface area contributed by atoms with Crippen molar-refractivity contribution in [3.63, 3.8) is 0 Å². The van der Waals surface area contributed by atoms with Crippen molar-refractivity contribution in [3.8, 4) is 5.75 Å². The Hall–Kier alpha value is -0.970. The summed E-state index contributed by atoms with van der Waals surface area (Å²) in [6, 6.07) is 3.27. The first-order chi connectivity index (χ1) is 8.99. The molecule has 0 spiro atoms. The molecule has 0 aliphatic rings. The molecule has 1 amide bonds. The molecular formula is C14H22Cl2N2O2. The van der Waals surface area contributed by atoms with E-state index in [1.54, 1.807) is 13.2 Å². The maximum atomic E-state index is 12.0. The maximum Gasteiger partial charge on any atom is 0.241 e. The monoisotopic (exact) mass is 320 g/mol. The smallest absolute Gasteiger partial charge is 0.241 e. The minimum Gasteiger partial charge on any atom is -0.495 e. The number of halogens is 2. The molecule has 0 heterocycles. The van der Waals surface area contributed by atoms with Gasteiger partial charge in [-0.15, -0.1) is 12.4 Å². The Balaban J connectivity index is 0.00000361. The van der Waals surface area contributed by atoms with Gasteiger partial charge in [-0.2, -0.15) is 0 Å². The van der Waals surface area contributed by atoms with Crippen LogP contribution in [0.25, 0.3) is 0 Å². The fraction of sp³-hybridized carbons (Fsp3) is 0.500. The zero-order valence-corrected chi connectivity index (χ0v) is 13.8. The average molecular weight is 321 g/mol. The summed E-state index contributed by atoms with van der Waals surface area (Å²) in [5.41, 5.74) is 1.53. The third kappa shape index (κ3) is 5.19. The van der Waals surface area contributed by atoms with Gasteiger partial charge in [-0.05, 0) is 38.4 Å². The molecule has 0 aromatic heterocycles. The van der Waals surface area contributed by atoms with E-state index in [4.69, 9.17) is 16.3 Å². The quantitative estimate of drug-likeness (QED) is 0.844. The van der Waals surface area contributed by atoms with E-state index in [9.17, 15) is 4.79 Å². The van der Waals surface area contributed by atoms with Gasteiger partial charge in [0.15, 0.2) is 0 Å². The lowest BCUT2D eigenvalue weighted by Gasteiger charge is -2.16. The third-order valence-electron chi connectivity index (χ3n) is 2.83. The fourth-order valence-electron chi connectivity index (χ4n) is 1.62. The lowest BCUT2D eigenvalue weighted by molar-refractivity contribution is -0.117. The van der Waals surface area contributed by atoms with E-state index < -0.39 is 0 Å². The average Bonchev–Trinajstić information content (AvgIpc) is 2.39. The Labute approximate surface area is 131 Å². The zero-order chi connectivity index (χ0) is 14.4. The van der Waals surface area contributed by atoms with Gasteiger partial charge in [-0.3, -0.25) is 4.79 Å².